The van der Waals surface area contributed by atoms with Crippen LogP contribution in [0.2, 0.25) is 0 Å². The third-order valence-electron chi connectivity index (χ3n) is 7.36. The Morgan fingerprint density at radius 2 is 1.86 bits per heavy atom. The number of hydrogen-bond donors (Lipinski definition) is 0. The van der Waals surface area contributed by atoms with Gasteiger partial charge in [0.25, 0.3) is 5.56 Å². The fourth-order valence-corrected chi connectivity index (χ4v) is 4.99. The number of aromatic nitrogens is 5. The van der Waals surface area contributed by atoms with Crippen LogP contribution in [0.5, 0.6) is 12.0 Å². The lowest BCUT2D eigenvalue weighted by atomic mass is 9.98. The Morgan fingerprint density at radius 1 is 1.07 bits per heavy atom. The number of hydrogen-bond acceptors (Lipinski definition) is 8. The van der Waals surface area contributed by atoms with Crippen molar-refractivity contribution < 1.29 is 18.8 Å². The minimum atomic E-state index is -0.797. The third-order valence-corrected chi connectivity index (χ3v) is 7.36. The average Bonchev–Trinajstić information content (AvgIpc) is 3.73. The van der Waals surface area contributed by atoms with Crippen molar-refractivity contribution in [2.75, 3.05) is 6.61 Å². The Kier molecular flexibility index (Phi) is 7.52. The maximum atomic E-state index is 15.6. The van der Waals surface area contributed by atoms with Gasteiger partial charge in [-0.15, -0.1) is 0 Å². The molecule has 3 heterocycles. The van der Waals surface area contributed by atoms with Crippen LogP contribution < -0.4 is 15.4 Å². The molecule has 0 unspecified atom stereocenters. The van der Waals surface area contributed by atoms with E-state index in [1.54, 1.807) is 53.2 Å². The fourth-order valence-electron chi connectivity index (χ4n) is 4.99. The van der Waals surface area contributed by atoms with Crippen molar-refractivity contribution in [2.24, 2.45) is 5.92 Å². The van der Waals surface area contributed by atoms with Gasteiger partial charge in [0.15, 0.2) is 11.9 Å². The van der Waals surface area contributed by atoms with Crippen LogP contribution >= 0.6 is 0 Å². The number of rotatable bonds is 10. The summed E-state index contributed by atoms with van der Waals surface area (Å²) < 4.78 is 27.5. The first kappa shape index (κ1) is 27.3. The van der Waals surface area contributed by atoms with Crippen LogP contribution in [-0.4, -0.2) is 31.3 Å². The number of aryl methyl sites for hydroxylation is 2. The molecule has 214 valence electrons. The van der Waals surface area contributed by atoms with E-state index < -0.39 is 11.9 Å². The van der Waals surface area contributed by atoms with Crippen LogP contribution in [0.25, 0.3) is 33.6 Å². The van der Waals surface area contributed by atoms with Crippen molar-refractivity contribution in [3.05, 3.63) is 94.0 Å². The summed E-state index contributed by atoms with van der Waals surface area (Å²) in [7, 11) is 0. The first-order valence-electron chi connectivity index (χ1n) is 14.0. The van der Waals surface area contributed by atoms with Gasteiger partial charge >= 0.3 is 0 Å². The number of nitrogens with zero attached hydrogens (tertiary/aromatic N) is 5. The Bertz CT molecular complexity index is 1790. The van der Waals surface area contributed by atoms with Crippen LogP contribution in [0.1, 0.15) is 43.3 Å². The maximum absolute atomic E-state index is 15.6. The number of pyridine rings is 1. The Hall–Kier alpha value is -4.86. The molecule has 0 spiro atoms. The summed E-state index contributed by atoms with van der Waals surface area (Å²) in [6.07, 6.45) is 4.55. The summed E-state index contributed by atoms with van der Waals surface area (Å²) in [6, 6.07) is 15.5. The monoisotopic (exact) mass is 566 g/mol. The van der Waals surface area contributed by atoms with Crippen LogP contribution in [0, 0.1) is 18.7 Å². The molecule has 0 amide bonds. The highest BCUT2D eigenvalue weighted by Gasteiger charge is 2.22. The SMILES string of the molecule is CCCc1nc(C)c(-c2ccc(OCC3CC3)nc2)c(=O)n1Cc1ccc(-c2ccccc2-c2noc([O-])n2)cc1F. The zero-order valence-corrected chi connectivity index (χ0v) is 23.3. The summed E-state index contributed by atoms with van der Waals surface area (Å²) in [6.45, 7) is 4.49. The Morgan fingerprint density at radius 3 is 2.52 bits per heavy atom. The molecule has 1 fully saturated rings. The molecule has 5 aromatic rings. The fraction of sp³-hybridized carbons (Fsp3) is 0.281. The van der Waals surface area contributed by atoms with Gasteiger partial charge in [-0.25, -0.2) is 19.3 Å². The van der Waals surface area contributed by atoms with Crippen molar-refractivity contribution in [3.8, 4) is 45.6 Å². The molecule has 0 saturated heterocycles. The molecule has 3 aromatic heterocycles. The summed E-state index contributed by atoms with van der Waals surface area (Å²) in [5.74, 6) is 1.38. The predicted molar refractivity (Wildman–Crippen MR) is 152 cm³/mol. The highest BCUT2D eigenvalue weighted by molar-refractivity contribution is 5.80. The third kappa shape index (κ3) is 5.65. The largest absolute Gasteiger partial charge is 0.528 e. The van der Waals surface area contributed by atoms with Gasteiger partial charge in [-0.3, -0.25) is 9.36 Å². The van der Waals surface area contributed by atoms with E-state index in [-0.39, 0.29) is 17.9 Å². The standard InChI is InChI=1S/C32H30FN5O4/c1-3-6-27-35-19(2)29(22-13-14-28(34-16-22)41-18-20-9-10-20)31(39)38(27)17-23-12-11-21(15-26(23)33)24-7-4-5-8-25(24)30-36-32(40)42-37-30/h4-5,7-8,11-16,20H,3,6,9-10,17-18H2,1-2H3,(H,36,37,40)/p-1. The van der Waals surface area contributed by atoms with E-state index in [9.17, 15) is 9.90 Å². The molecule has 1 aliphatic rings. The minimum absolute atomic E-state index is 0.0165. The molecule has 1 saturated carbocycles. The minimum Gasteiger partial charge on any atom is -0.528 e. The molecule has 6 rings (SSSR count). The highest BCUT2D eigenvalue weighted by atomic mass is 19.1. The van der Waals surface area contributed by atoms with E-state index in [0.717, 1.165) is 6.42 Å². The Labute approximate surface area is 241 Å². The summed E-state index contributed by atoms with van der Waals surface area (Å²) in [5.41, 5.74) is 3.52. The lowest BCUT2D eigenvalue weighted by Gasteiger charge is -2.17. The second-order valence-corrected chi connectivity index (χ2v) is 10.5. The first-order chi connectivity index (χ1) is 20.4. The van der Waals surface area contributed by atoms with Crippen LogP contribution in [0.4, 0.5) is 4.39 Å². The molecule has 10 heteroatoms. The average molecular weight is 567 g/mol. The molecule has 9 nitrogen and oxygen atoms in total. The molecule has 42 heavy (non-hydrogen) atoms. The second kappa shape index (κ2) is 11.6. The summed E-state index contributed by atoms with van der Waals surface area (Å²) >= 11 is 0. The molecule has 0 atom stereocenters. The number of ether oxygens (including phenoxy) is 1. The molecule has 0 bridgehead atoms. The van der Waals surface area contributed by atoms with Gasteiger partial charge in [0.05, 0.1) is 24.4 Å². The van der Waals surface area contributed by atoms with Gasteiger partial charge in [-0.05, 0) is 55.4 Å². The van der Waals surface area contributed by atoms with Gasteiger partial charge in [0, 0.05) is 35.4 Å². The smallest absolute Gasteiger partial charge is 0.262 e. The quantitative estimate of drug-likeness (QED) is 0.222. The molecule has 2 aromatic carbocycles. The van der Waals surface area contributed by atoms with Crippen LogP contribution in [0.15, 0.2) is 70.1 Å². The number of benzene rings is 2. The molecule has 1 aliphatic carbocycles. The summed E-state index contributed by atoms with van der Waals surface area (Å²) in [4.78, 5) is 26.8. The number of halogens is 1. The summed E-state index contributed by atoms with van der Waals surface area (Å²) in [5, 5.41) is 15.2. The topological polar surface area (TPSA) is 119 Å². The van der Waals surface area contributed by atoms with Gasteiger partial charge < -0.3 is 14.4 Å². The van der Waals surface area contributed by atoms with E-state index in [2.05, 4.69) is 19.6 Å². The Balaban J connectivity index is 1.33. The van der Waals surface area contributed by atoms with E-state index in [0.29, 0.717) is 69.7 Å². The van der Waals surface area contributed by atoms with Gasteiger partial charge in [0.1, 0.15) is 11.6 Å². The van der Waals surface area contributed by atoms with Crippen molar-refractivity contribution in [1.82, 2.24) is 24.7 Å². The first-order valence-corrected chi connectivity index (χ1v) is 14.0. The van der Waals surface area contributed by atoms with Crippen molar-refractivity contribution in [1.29, 1.82) is 0 Å². The zero-order chi connectivity index (χ0) is 29.2. The molecular formula is C32H29FN5O4-. The molecule has 0 radical (unpaired) electrons. The van der Waals surface area contributed by atoms with Crippen molar-refractivity contribution >= 4 is 0 Å². The lowest BCUT2D eigenvalue weighted by molar-refractivity contribution is -0.303. The van der Waals surface area contributed by atoms with Gasteiger partial charge in [-0.2, -0.15) is 5.16 Å². The van der Waals surface area contributed by atoms with E-state index in [1.807, 2.05) is 19.9 Å². The van der Waals surface area contributed by atoms with E-state index in [4.69, 9.17) is 9.72 Å². The zero-order valence-electron chi connectivity index (χ0n) is 23.3. The lowest BCUT2D eigenvalue weighted by Crippen LogP contribution is -2.28. The molecular weight excluding hydrogens is 537 g/mol. The molecule has 0 aliphatic heterocycles. The van der Waals surface area contributed by atoms with Crippen LogP contribution in [0.3, 0.4) is 0 Å². The molecule has 0 N–H and O–H groups in total. The normalized spacial score (nSPS) is 12.9. The van der Waals surface area contributed by atoms with Gasteiger partial charge in [0.2, 0.25) is 5.88 Å². The highest BCUT2D eigenvalue weighted by Crippen LogP contribution is 2.32. The van der Waals surface area contributed by atoms with Crippen LogP contribution in [-0.2, 0) is 13.0 Å². The second-order valence-electron chi connectivity index (χ2n) is 10.5. The predicted octanol–water partition coefficient (Wildman–Crippen LogP) is 5.33. The van der Waals surface area contributed by atoms with E-state index >= 15 is 4.39 Å². The van der Waals surface area contributed by atoms with Crippen molar-refractivity contribution in [3.63, 3.8) is 0 Å². The maximum Gasteiger partial charge on any atom is 0.262 e. The van der Waals surface area contributed by atoms with E-state index in [1.165, 1.54) is 18.9 Å². The van der Waals surface area contributed by atoms with Gasteiger partial charge in [-0.1, -0.05) is 43.3 Å². The van der Waals surface area contributed by atoms with Crippen molar-refractivity contribution in [2.45, 2.75) is 46.1 Å².